The van der Waals surface area contributed by atoms with Crippen molar-refractivity contribution < 1.29 is 14.3 Å². The van der Waals surface area contributed by atoms with Gasteiger partial charge in [-0.2, -0.15) is 0 Å². The summed E-state index contributed by atoms with van der Waals surface area (Å²) in [6, 6.07) is 4.55. The number of rotatable bonds is 7. The first-order chi connectivity index (χ1) is 13.5. The second-order valence-electron chi connectivity index (χ2n) is 7.24. The number of benzene rings is 1. The van der Waals surface area contributed by atoms with E-state index in [1.54, 1.807) is 6.07 Å². The van der Waals surface area contributed by atoms with E-state index in [2.05, 4.69) is 29.5 Å². The molecule has 6 nitrogen and oxygen atoms in total. The summed E-state index contributed by atoms with van der Waals surface area (Å²) in [5.74, 6) is 0.0980. The number of nitrogens with zero attached hydrogens (tertiary/aromatic N) is 2. The van der Waals surface area contributed by atoms with Crippen molar-refractivity contribution in [2.45, 2.75) is 59.0 Å². The third-order valence-corrected chi connectivity index (χ3v) is 5.26. The number of nitrogens with one attached hydrogen (secondary N) is 2. The van der Waals surface area contributed by atoms with E-state index in [1.807, 2.05) is 11.8 Å². The fourth-order valence-corrected chi connectivity index (χ4v) is 3.47. The Bertz CT molecular complexity index is 668. The van der Waals surface area contributed by atoms with Crippen molar-refractivity contribution in [2.24, 2.45) is 10.9 Å². The Morgan fingerprint density at radius 1 is 1.29 bits per heavy atom. The third-order valence-electron chi connectivity index (χ3n) is 5.26. The van der Waals surface area contributed by atoms with Gasteiger partial charge >= 0.3 is 0 Å². The number of piperidine rings is 1. The molecule has 0 bridgehead atoms. The number of carbonyl (C=O) groups is 1. The zero-order valence-electron chi connectivity index (χ0n) is 17.2. The highest BCUT2D eigenvalue weighted by atomic mass is 19.1. The highest BCUT2D eigenvalue weighted by Crippen LogP contribution is 2.18. The van der Waals surface area contributed by atoms with Crippen molar-refractivity contribution in [3.05, 3.63) is 29.6 Å². The fraction of sp³-hybridized carbons (Fsp3) is 0.619. The number of amides is 1. The largest absolute Gasteiger partial charge is 0.505 e. The molecule has 0 aromatic heterocycles. The van der Waals surface area contributed by atoms with Crippen molar-refractivity contribution in [1.29, 1.82) is 0 Å². The van der Waals surface area contributed by atoms with Crippen molar-refractivity contribution in [1.82, 2.24) is 15.5 Å². The van der Waals surface area contributed by atoms with Crippen LogP contribution in [0.25, 0.3) is 0 Å². The molecule has 1 saturated heterocycles. The van der Waals surface area contributed by atoms with E-state index in [-0.39, 0.29) is 23.6 Å². The van der Waals surface area contributed by atoms with Crippen LogP contribution in [0.4, 0.5) is 4.39 Å². The van der Waals surface area contributed by atoms with Gasteiger partial charge < -0.3 is 20.6 Å². The normalized spacial score (nSPS) is 15.8. The molecule has 0 spiro atoms. The monoisotopic (exact) mass is 392 g/mol. The first kappa shape index (κ1) is 22.0. The summed E-state index contributed by atoms with van der Waals surface area (Å²) >= 11 is 0. The summed E-state index contributed by atoms with van der Waals surface area (Å²) < 4.78 is 13.5. The summed E-state index contributed by atoms with van der Waals surface area (Å²) in [4.78, 5) is 19.0. The number of carbonyl (C=O) groups excluding carboxylic acids is 1. The molecule has 1 aromatic rings. The van der Waals surface area contributed by atoms with Crippen molar-refractivity contribution in [3.63, 3.8) is 0 Å². The molecule has 156 valence electrons. The molecule has 0 radical (unpaired) electrons. The van der Waals surface area contributed by atoms with Crippen LogP contribution in [-0.2, 0) is 11.3 Å². The van der Waals surface area contributed by atoms with Gasteiger partial charge in [-0.15, -0.1) is 0 Å². The molecule has 1 aliphatic heterocycles. The van der Waals surface area contributed by atoms with E-state index in [0.29, 0.717) is 18.1 Å². The molecule has 28 heavy (non-hydrogen) atoms. The summed E-state index contributed by atoms with van der Waals surface area (Å²) in [5.41, 5.74) is 0.693. The number of hydrogen-bond donors (Lipinski definition) is 3. The molecule has 2 rings (SSSR count). The molecule has 0 aliphatic carbocycles. The molecular formula is C21H33FN4O2. The molecule has 1 fully saturated rings. The van der Waals surface area contributed by atoms with Gasteiger partial charge in [-0.3, -0.25) is 4.79 Å². The Balaban J connectivity index is 1.90. The van der Waals surface area contributed by atoms with Gasteiger partial charge in [-0.05, 0) is 50.3 Å². The topological polar surface area (TPSA) is 77.0 Å². The quantitative estimate of drug-likeness (QED) is 0.492. The van der Waals surface area contributed by atoms with Gasteiger partial charge in [0, 0.05) is 31.6 Å². The van der Waals surface area contributed by atoms with Crippen LogP contribution < -0.4 is 10.6 Å². The second-order valence-corrected chi connectivity index (χ2v) is 7.24. The Morgan fingerprint density at radius 3 is 2.54 bits per heavy atom. The number of aliphatic imine (C=N–C) groups is 1. The van der Waals surface area contributed by atoms with Crippen LogP contribution in [0.1, 0.15) is 52.0 Å². The predicted molar refractivity (Wildman–Crippen MR) is 110 cm³/mol. The number of hydrogen-bond acceptors (Lipinski definition) is 3. The number of phenols is 1. The van der Waals surface area contributed by atoms with E-state index in [4.69, 9.17) is 0 Å². The molecule has 1 heterocycles. The van der Waals surface area contributed by atoms with Gasteiger partial charge in [0.05, 0.1) is 6.54 Å². The van der Waals surface area contributed by atoms with Crippen molar-refractivity contribution in [3.8, 4) is 5.75 Å². The molecule has 0 saturated carbocycles. The zero-order valence-corrected chi connectivity index (χ0v) is 17.2. The first-order valence-electron chi connectivity index (χ1n) is 10.3. The van der Waals surface area contributed by atoms with Crippen LogP contribution in [-0.4, -0.2) is 47.5 Å². The average Bonchev–Trinajstić information content (AvgIpc) is 2.70. The minimum atomic E-state index is -0.639. The van der Waals surface area contributed by atoms with Crippen LogP contribution in [0.5, 0.6) is 5.75 Å². The number of halogens is 1. The maximum Gasteiger partial charge on any atom is 0.225 e. The molecule has 1 aliphatic rings. The van der Waals surface area contributed by atoms with Crippen molar-refractivity contribution in [2.75, 3.05) is 19.6 Å². The first-order valence-corrected chi connectivity index (χ1v) is 10.3. The molecule has 7 heteroatoms. The van der Waals surface area contributed by atoms with E-state index < -0.39 is 5.82 Å². The summed E-state index contributed by atoms with van der Waals surface area (Å²) in [7, 11) is 0. The van der Waals surface area contributed by atoms with Crippen LogP contribution in [0, 0.1) is 11.7 Å². The number of guanidine groups is 1. The molecule has 1 amide bonds. The lowest BCUT2D eigenvalue weighted by molar-refractivity contribution is -0.136. The van der Waals surface area contributed by atoms with Gasteiger partial charge in [-0.25, -0.2) is 9.38 Å². The van der Waals surface area contributed by atoms with Crippen LogP contribution in [0.2, 0.25) is 0 Å². The number of aromatic hydroxyl groups is 1. The predicted octanol–water partition coefficient (Wildman–Crippen LogP) is 3.01. The molecule has 0 atom stereocenters. The van der Waals surface area contributed by atoms with Gasteiger partial charge in [0.15, 0.2) is 17.5 Å². The molecular weight excluding hydrogens is 359 g/mol. The Morgan fingerprint density at radius 2 is 1.96 bits per heavy atom. The van der Waals surface area contributed by atoms with E-state index >= 15 is 0 Å². The Hall–Kier alpha value is -2.31. The van der Waals surface area contributed by atoms with Gasteiger partial charge in [-0.1, -0.05) is 19.9 Å². The van der Waals surface area contributed by atoms with Crippen LogP contribution in [0.15, 0.2) is 23.2 Å². The maximum atomic E-state index is 13.5. The Kier molecular flexibility index (Phi) is 8.54. The van der Waals surface area contributed by atoms with Gasteiger partial charge in [0.1, 0.15) is 0 Å². The summed E-state index contributed by atoms with van der Waals surface area (Å²) in [6.45, 7) is 8.69. The summed E-state index contributed by atoms with van der Waals surface area (Å²) in [6.07, 6.45) is 3.54. The SMILES string of the molecule is CCNC(=NCc1ccc(O)c(F)c1)NC1CCN(C(=O)C(CC)CC)CC1. The zero-order chi connectivity index (χ0) is 20.5. The number of likely N-dealkylation sites (tertiary alicyclic amines) is 1. The minimum absolute atomic E-state index is 0.133. The Labute approximate surface area is 167 Å². The number of phenolic OH excluding ortho intramolecular Hbond substituents is 1. The molecule has 0 unspecified atom stereocenters. The highest BCUT2D eigenvalue weighted by molar-refractivity contribution is 5.80. The van der Waals surface area contributed by atoms with Crippen LogP contribution in [0.3, 0.4) is 0 Å². The maximum absolute atomic E-state index is 13.5. The van der Waals surface area contributed by atoms with E-state index in [1.165, 1.54) is 12.1 Å². The van der Waals surface area contributed by atoms with Crippen molar-refractivity contribution >= 4 is 11.9 Å². The lowest BCUT2D eigenvalue weighted by Gasteiger charge is -2.34. The smallest absolute Gasteiger partial charge is 0.225 e. The second kappa shape index (κ2) is 10.9. The molecule has 3 N–H and O–H groups in total. The van der Waals surface area contributed by atoms with E-state index in [9.17, 15) is 14.3 Å². The van der Waals surface area contributed by atoms with Gasteiger partial charge in [0.2, 0.25) is 5.91 Å². The lowest BCUT2D eigenvalue weighted by atomic mass is 9.98. The standard InChI is InChI=1S/C21H33FN4O2/c1-4-16(5-2)20(28)26-11-9-17(10-12-26)25-21(23-6-3)24-14-15-7-8-19(27)18(22)13-15/h7-8,13,16-17,27H,4-6,9-12,14H2,1-3H3,(H2,23,24,25). The van der Waals surface area contributed by atoms with E-state index in [0.717, 1.165) is 45.3 Å². The van der Waals surface area contributed by atoms with Crippen LogP contribution >= 0.6 is 0 Å². The van der Waals surface area contributed by atoms with Gasteiger partial charge in [0.25, 0.3) is 0 Å². The average molecular weight is 393 g/mol. The third kappa shape index (κ3) is 6.11. The lowest BCUT2D eigenvalue weighted by Crippen LogP contribution is -2.50. The minimum Gasteiger partial charge on any atom is -0.505 e. The highest BCUT2D eigenvalue weighted by Gasteiger charge is 2.26. The molecule has 1 aromatic carbocycles. The fourth-order valence-electron chi connectivity index (χ4n) is 3.47. The summed E-state index contributed by atoms with van der Waals surface area (Å²) in [5, 5.41) is 15.9.